The first-order valence-corrected chi connectivity index (χ1v) is 23.8. The number of nitrogens with zero attached hydrogens (tertiary/aromatic N) is 1. The maximum absolute atomic E-state index is 6.81. The smallest absolute Gasteiger partial charge is 0.137 e. The molecule has 0 bridgehead atoms. The van der Waals surface area contributed by atoms with E-state index in [9.17, 15) is 0 Å². The topological polar surface area (TPSA) is 16.4 Å². The van der Waals surface area contributed by atoms with Gasteiger partial charge in [-0.25, -0.2) is 0 Å². The Morgan fingerprint density at radius 3 is 1.50 bits per heavy atom. The van der Waals surface area contributed by atoms with Crippen LogP contribution in [-0.2, 0) is 10.8 Å². The molecule has 2 heteroatoms. The third-order valence-electron chi connectivity index (χ3n) is 15.1. The van der Waals surface area contributed by atoms with E-state index in [1.54, 1.807) is 0 Å². The molecular weight excluding hydrogens is 823 g/mol. The van der Waals surface area contributed by atoms with Crippen LogP contribution < -0.4 is 4.90 Å². The molecule has 0 fully saturated rings. The lowest BCUT2D eigenvalue weighted by Gasteiger charge is -2.29. The van der Waals surface area contributed by atoms with E-state index in [4.69, 9.17) is 4.42 Å². The van der Waals surface area contributed by atoms with E-state index < -0.39 is 0 Å². The zero-order valence-corrected chi connectivity index (χ0v) is 38.7. The number of benzene rings is 10. The average Bonchev–Trinajstić information content (AvgIpc) is 3.96. The van der Waals surface area contributed by atoms with Crippen LogP contribution in [0.3, 0.4) is 0 Å². The number of rotatable bonds is 7. The Labute approximate surface area is 398 Å². The van der Waals surface area contributed by atoms with Crippen molar-refractivity contribution in [2.24, 2.45) is 0 Å². The predicted molar refractivity (Wildman–Crippen MR) is 285 cm³/mol. The molecule has 0 aliphatic heterocycles. The molecule has 0 N–H and O–H groups in total. The quantitative estimate of drug-likeness (QED) is 0.159. The zero-order valence-electron chi connectivity index (χ0n) is 38.7. The SMILES string of the molecule is CC1(C)c2ccccc2-c2ccc(-c3cc(N(c4ccc5c(c4)C(C)(C)c4cc(-c6ccccc6)ccc4-5)c4cccc5oc6cc(-c7ccccc7)ccc6c45)ccc3-c3ccccc3)cc21. The number of hydrogen-bond donors (Lipinski definition) is 0. The molecule has 0 radical (unpaired) electrons. The van der Waals surface area contributed by atoms with Gasteiger partial charge in [-0.3, -0.25) is 0 Å². The Morgan fingerprint density at radius 1 is 0.309 bits per heavy atom. The van der Waals surface area contributed by atoms with E-state index in [0.717, 1.165) is 44.6 Å². The molecule has 1 aromatic heterocycles. The molecule has 11 aromatic rings. The Morgan fingerprint density at radius 2 is 0.809 bits per heavy atom. The van der Waals surface area contributed by atoms with Gasteiger partial charge in [-0.1, -0.05) is 191 Å². The lowest BCUT2D eigenvalue weighted by atomic mass is 9.81. The average molecular weight is 872 g/mol. The van der Waals surface area contributed by atoms with Crippen molar-refractivity contribution in [1.82, 2.24) is 0 Å². The second-order valence-electron chi connectivity index (χ2n) is 19.7. The second kappa shape index (κ2) is 15.2. The summed E-state index contributed by atoms with van der Waals surface area (Å²) in [5.41, 5.74) is 24.8. The summed E-state index contributed by atoms with van der Waals surface area (Å²) >= 11 is 0. The van der Waals surface area contributed by atoms with Crippen molar-refractivity contribution in [3.05, 3.63) is 247 Å². The van der Waals surface area contributed by atoms with Crippen LogP contribution in [0.2, 0.25) is 0 Å². The summed E-state index contributed by atoms with van der Waals surface area (Å²) in [5, 5.41) is 2.17. The van der Waals surface area contributed by atoms with Crippen LogP contribution in [0.5, 0.6) is 0 Å². The number of hydrogen-bond acceptors (Lipinski definition) is 2. The van der Waals surface area contributed by atoms with E-state index in [-0.39, 0.29) is 10.8 Å². The van der Waals surface area contributed by atoms with Gasteiger partial charge in [-0.2, -0.15) is 0 Å². The van der Waals surface area contributed by atoms with Crippen LogP contribution in [0.15, 0.2) is 229 Å². The van der Waals surface area contributed by atoms with Gasteiger partial charge in [0.15, 0.2) is 0 Å². The van der Waals surface area contributed by atoms with E-state index in [2.05, 4.69) is 257 Å². The maximum Gasteiger partial charge on any atom is 0.137 e. The van der Waals surface area contributed by atoms with Gasteiger partial charge in [-0.15, -0.1) is 0 Å². The molecule has 324 valence electrons. The van der Waals surface area contributed by atoms with Crippen molar-refractivity contribution in [3.63, 3.8) is 0 Å². The highest BCUT2D eigenvalue weighted by atomic mass is 16.3. The Kier molecular flexibility index (Phi) is 8.95. The first-order chi connectivity index (χ1) is 33.2. The Balaban J connectivity index is 1.03. The predicted octanol–water partition coefficient (Wildman–Crippen LogP) is 18.3. The van der Waals surface area contributed by atoms with E-state index in [1.165, 1.54) is 83.5 Å². The molecule has 0 amide bonds. The minimum atomic E-state index is -0.240. The molecule has 0 atom stereocenters. The van der Waals surface area contributed by atoms with Crippen molar-refractivity contribution >= 4 is 39.0 Å². The highest BCUT2D eigenvalue weighted by Gasteiger charge is 2.38. The number of furan rings is 1. The van der Waals surface area contributed by atoms with Gasteiger partial charge in [0.25, 0.3) is 0 Å². The Hall–Kier alpha value is -8.20. The van der Waals surface area contributed by atoms with E-state index in [1.807, 2.05) is 0 Å². The molecule has 10 aromatic carbocycles. The molecule has 0 saturated heterocycles. The first kappa shape index (κ1) is 40.1. The van der Waals surface area contributed by atoms with E-state index in [0.29, 0.717) is 0 Å². The van der Waals surface area contributed by atoms with Crippen molar-refractivity contribution < 1.29 is 4.42 Å². The normalized spacial score (nSPS) is 13.8. The first-order valence-electron chi connectivity index (χ1n) is 23.8. The summed E-state index contributed by atoms with van der Waals surface area (Å²) < 4.78 is 6.81. The fraction of sp³-hybridized carbons (Fsp3) is 0.0909. The largest absolute Gasteiger partial charge is 0.456 e. The van der Waals surface area contributed by atoms with Crippen LogP contribution in [0, 0.1) is 0 Å². The standard InChI is InChI=1S/C66H49NO/c1-65(2)57-24-15-14-23-51(57)52-33-29-47(38-59(52)65)56-40-48(30-35-50(56)44-21-12-7-13-22-44)67(61-25-16-26-62-64(61)55-34-28-46(39-63(55)68-62)43-19-10-6-11-20-43)49-31-36-54-53-32-27-45(42-17-8-5-9-18-42)37-58(53)66(3,4)60(54)41-49/h5-41H,1-4H3. The van der Waals surface area contributed by atoms with Gasteiger partial charge >= 0.3 is 0 Å². The van der Waals surface area contributed by atoms with Crippen LogP contribution in [0.4, 0.5) is 17.1 Å². The van der Waals surface area contributed by atoms with Gasteiger partial charge in [0, 0.05) is 27.6 Å². The van der Waals surface area contributed by atoms with Crippen LogP contribution in [0.25, 0.3) is 88.7 Å². The summed E-state index contributed by atoms with van der Waals surface area (Å²) in [6.45, 7) is 9.50. The number of anilines is 3. The summed E-state index contributed by atoms with van der Waals surface area (Å²) in [6, 6.07) is 82.6. The van der Waals surface area contributed by atoms with Gasteiger partial charge in [0.05, 0.1) is 11.1 Å². The van der Waals surface area contributed by atoms with Crippen molar-refractivity contribution in [3.8, 4) is 66.8 Å². The second-order valence-corrected chi connectivity index (χ2v) is 19.7. The third-order valence-corrected chi connectivity index (χ3v) is 15.1. The van der Waals surface area contributed by atoms with Crippen molar-refractivity contribution in [1.29, 1.82) is 0 Å². The summed E-state index contributed by atoms with van der Waals surface area (Å²) in [5.74, 6) is 0. The van der Waals surface area contributed by atoms with Gasteiger partial charge in [0.1, 0.15) is 11.2 Å². The molecule has 2 nitrogen and oxygen atoms in total. The van der Waals surface area contributed by atoms with Crippen molar-refractivity contribution in [2.45, 2.75) is 38.5 Å². The summed E-state index contributed by atoms with van der Waals surface area (Å²) in [4.78, 5) is 2.47. The third kappa shape index (κ3) is 6.17. The molecule has 2 aliphatic rings. The monoisotopic (exact) mass is 871 g/mol. The molecule has 0 unspecified atom stereocenters. The van der Waals surface area contributed by atoms with Gasteiger partial charge in [-0.05, 0) is 150 Å². The number of fused-ring (bicyclic) bond motifs is 9. The molecule has 68 heavy (non-hydrogen) atoms. The van der Waals surface area contributed by atoms with Crippen LogP contribution in [0.1, 0.15) is 49.9 Å². The van der Waals surface area contributed by atoms with Crippen LogP contribution >= 0.6 is 0 Å². The molecule has 1 heterocycles. The highest BCUT2D eigenvalue weighted by molar-refractivity contribution is 6.14. The Bertz CT molecular complexity index is 3780. The minimum absolute atomic E-state index is 0.131. The molecular formula is C66H49NO. The molecule has 0 spiro atoms. The van der Waals surface area contributed by atoms with Gasteiger partial charge in [0.2, 0.25) is 0 Å². The molecule has 13 rings (SSSR count). The summed E-state index contributed by atoms with van der Waals surface area (Å²) in [6.07, 6.45) is 0. The van der Waals surface area contributed by atoms with Gasteiger partial charge < -0.3 is 9.32 Å². The molecule has 0 saturated carbocycles. The highest BCUT2D eigenvalue weighted by Crippen LogP contribution is 2.54. The minimum Gasteiger partial charge on any atom is -0.456 e. The van der Waals surface area contributed by atoms with Crippen LogP contribution in [-0.4, -0.2) is 0 Å². The van der Waals surface area contributed by atoms with Crippen molar-refractivity contribution in [2.75, 3.05) is 4.90 Å². The fourth-order valence-corrected chi connectivity index (χ4v) is 11.6. The summed E-state index contributed by atoms with van der Waals surface area (Å²) in [7, 11) is 0. The lowest BCUT2D eigenvalue weighted by Crippen LogP contribution is -2.17. The van der Waals surface area contributed by atoms with E-state index >= 15 is 0 Å². The maximum atomic E-state index is 6.81. The fourth-order valence-electron chi connectivity index (χ4n) is 11.6. The zero-order chi connectivity index (χ0) is 45.7. The lowest BCUT2D eigenvalue weighted by molar-refractivity contribution is 0.660. The molecule has 2 aliphatic carbocycles.